The quantitative estimate of drug-likeness (QED) is 0.246. The molecule has 1 saturated heterocycles. The van der Waals surface area contributed by atoms with Gasteiger partial charge in [0.05, 0.1) is 20.8 Å². The molecular formula is C25H20Cl2N2O7. The van der Waals surface area contributed by atoms with E-state index in [4.69, 9.17) is 37.1 Å². The summed E-state index contributed by atoms with van der Waals surface area (Å²) in [5.41, 5.74) is 1.42. The zero-order valence-electron chi connectivity index (χ0n) is 19.2. The smallest absolute Gasteiger partial charge is 0.373 e. The second-order valence-corrected chi connectivity index (χ2v) is 8.42. The molecule has 2 aromatic carbocycles. The average molecular weight is 531 g/mol. The molecule has 1 aromatic heterocycles. The number of imide groups is 1. The van der Waals surface area contributed by atoms with E-state index in [1.807, 2.05) is 0 Å². The Morgan fingerprint density at radius 3 is 2.58 bits per heavy atom. The number of benzene rings is 2. The van der Waals surface area contributed by atoms with Crippen LogP contribution in [0.2, 0.25) is 10.0 Å². The minimum atomic E-state index is -0.656. The summed E-state index contributed by atoms with van der Waals surface area (Å²) in [6, 6.07) is 12.5. The van der Waals surface area contributed by atoms with Crippen LogP contribution < -0.4 is 14.8 Å². The Labute approximate surface area is 216 Å². The summed E-state index contributed by atoms with van der Waals surface area (Å²) < 4.78 is 21.2. The van der Waals surface area contributed by atoms with Crippen molar-refractivity contribution in [2.75, 3.05) is 14.2 Å². The van der Waals surface area contributed by atoms with Crippen molar-refractivity contribution in [1.82, 2.24) is 10.2 Å². The normalized spacial score (nSPS) is 14.2. The summed E-state index contributed by atoms with van der Waals surface area (Å²) in [5, 5.41) is 3.55. The maximum Gasteiger partial charge on any atom is 0.373 e. The lowest BCUT2D eigenvalue weighted by Crippen LogP contribution is -2.30. The van der Waals surface area contributed by atoms with E-state index in [1.165, 1.54) is 32.4 Å². The number of methoxy groups -OCH3 is 2. The van der Waals surface area contributed by atoms with Crippen molar-refractivity contribution >= 4 is 47.2 Å². The highest BCUT2D eigenvalue weighted by atomic mass is 35.5. The Hall–Kier alpha value is -3.95. The van der Waals surface area contributed by atoms with E-state index < -0.39 is 17.9 Å². The van der Waals surface area contributed by atoms with E-state index in [0.29, 0.717) is 27.1 Å². The number of carbonyl (C=O) groups is 3. The van der Waals surface area contributed by atoms with E-state index in [0.717, 1.165) is 10.5 Å². The van der Waals surface area contributed by atoms with Gasteiger partial charge in [0.15, 0.2) is 11.5 Å². The molecule has 3 aromatic rings. The molecule has 1 fully saturated rings. The SMILES string of the molecule is COC(=O)c1ccc(CN2C(=O)N/C(=C\c3ccc(OCc4ccc(Cl)cc4Cl)c(OC)c3)C2=O)o1. The van der Waals surface area contributed by atoms with Gasteiger partial charge in [-0.2, -0.15) is 0 Å². The number of hydrogen-bond donors (Lipinski definition) is 1. The molecule has 0 radical (unpaired) electrons. The van der Waals surface area contributed by atoms with E-state index in [-0.39, 0.29) is 30.4 Å². The molecule has 4 rings (SSSR count). The van der Waals surface area contributed by atoms with E-state index in [9.17, 15) is 14.4 Å². The summed E-state index contributed by atoms with van der Waals surface area (Å²) in [5.74, 6) is -0.0844. The van der Waals surface area contributed by atoms with Crippen LogP contribution in [0.15, 0.2) is 58.6 Å². The molecule has 1 N–H and O–H groups in total. The van der Waals surface area contributed by atoms with Gasteiger partial charge in [-0.3, -0.25) is 9.69 Å². The molecule has 0 unspecified atom stereocenters. The van der Waals surface area contributed by atoms with Gasteiger partial charge in [-0.15, -0.1) is 0 Å². The minimum absolute atomic E-state index is 0.0249. The first-order chi connectivity index (χ1) is 17.3. The first-order valence-electron chi connectivity index (χ1n) is 10.6. The van der Waals surface area contributed by atoms with Gasteiger partial charge in [0.25, 0.3) is 5.91 Å². The molecule has 1 aliphatic rings. The third-order valence-corrected chi connectivity index (χ3v) is 5.81. The van der Waals surface area contributed by atoms with E-state index >= 15 is 0 Å². The fourth-order valence-electron chi connectivity index (χ4n) is 3.40. The van der Waals surface area contributed by atoms with Crippen molar-refractivity contribution in [2.24, 2.45) is 0 Å². The molecule has 0 bridgehead atoms. The van der Waals surface area contributed by atoms with E-state index in [2.05, 4.69) is 10.1 Å². The number of carbonyl (C=O) groups excluding carboxylic acids is 3. The third-order valence-electron chi connectivity index (χ3n) is 5.22. The largest absolute Gasteiger partial charge is 0.493 e. The van der Waals surface area contributed by atoms with Gasteiger partial charge in [0.2, 0.25) is 5.76 Å². The molecular weight excluding hydrogens is 511 g/mol. The molecule has 186 valence electrons. The summed E-state index contributed by atoms with van der Waals surface area (Å²) in [7, 11) is 2.71. The number of ether oxygens (including phenoxy) is 3. The Balaban J connectivity index is 1.47. The maximum absolute atomic E-state index is 12.8. The topological polar surface area (TPSA) is 107 Å². The number of furan rings is 1. The van der Waals surface area contributed by atoms with Crippen molar-refractivity contribution in [3.63, 3.8) is 0 Å². The summed E-state index contributed by atoms with van der Waals surface area (Å²) >= 11 is 12.1. The second kappa shape index (κ2) is 10.8. The predicted molar refractivity (Wildman–Crippen MR) is 131 cm³/mol. The lowest BCUT2D eigenvalue weighted by molar-refractivity contribution is -0.123. The van der Waals surface area contributed by atoms with Gasteiger partial charge in [0.1, 0.15) is 18.1 Å². The first-order valence-corrected chi connectivity index (χ1v) is 11.3. The summed E-state index contributed by atoms with van der Waals surface area (Å²) in [6.07, 6.45) is 1.52. The van der Waals surface area contributed by atoms with Gasteiger partial charge < -0.3 is 23.9 Å². The Morgan fingerprint density at radius 2 is 1.86 bits per heavy atom. The monoisotopic (exact) mass is 530 g/mol. The predicted octanol–water partition coefficient (Wildman–Crippen LogP) is 5.05. The molecule has 9 nitrogen and oxygen atoms in total. The lowest BCUT2D eigenvalue weighted by Gasteiger charge is -2.12. The van der Waals surface area contributed by atoms with Crippen LogP contribution in [0.5, 0.6) is 11.5 Å². The van der Waals surface area contributed by atoms with Crippen LogP contribution in [0.4, 0.5) is 4.79 Å². The minimum Gasteiger partial charge on any atom is -0.493 e. The number of amides is 3. The van der Waals surface area contributed by atoms with Crippen molar-refractivity contribution in [2.45, 2.75) is 13.2 Å². The molecule has 0 aliphatic carbocycles. The Morgan fingerprint density at radius 1 is 1.06 bits per heavy atom. The summed E-state index contributed by atoms with van der Waals surface area (Å²) in [6.45, 7) is 0.0448. The number of rotatable bonds is 8. The highest BCUT2D eigenvalue weighted by molar-refractivity contribution is 6.35. The molecule has 0 atom stereocenters. The lowest BCUT2D eigenvalue weighted by atomic mass is 10.1. The molecule has 2 heterocycles. The third kappa shape index (κ3) is 5.48. The van der Waals surface area contributed by atoms with Crippen LogP contribution in [-0.2, 0) is 22.7 Å². The maximum atomic E-state index is 12.8. The fraction of sp³-hybridized carbons (Fsp3) is 0.160. The van der Waals surface area contributed by atoms with Crippen LogP contribution in [0, 0.1) is 0 Å². The van der Waals surface area contributed by atoms with Crippen LogP contribution in [0.3, 0.4) is 0 Å². The molecule has 11 heteroatoms. The van der Waals surface area contributed by atoms with Crippen molar-refractivity contribution in [3.05, 3.63) is 86.9 Å². The van der Waals surface area contributed by atoms with Crippen molar-refractivity contribution in [1.29, 1.82) is 0 Å². The van der Waals surface area contributed by atoms with Gasteiger partial charge in [-0.1, -0.05) is 35.3 Å². The molecule has 1 aliphatic heterocycles. The Kier molecular flexibility index (Phi) is 7.52. The second-order valence-electron chi connectivity index (χ2n) is 7.57. The molecule has 0 saturated carbocycles. The van der Waals surface area contributed by atoms with Gasteiger partial charge in [-0.25, -0.2) is 9.59 Å². The zero-order chi connectivity index (χ0) is 25.8. The van der Waals surface area contributed by atoms with Gasteiger partial charge in [-0.05, 0) is 48.0 Å². The summed E-state index contributed by atoms with van der Waals surface area (Å²) in [4.78, 5) is 37.7. The first kappa shape index (κ1) is 25.2. The fourth-order valence-corrected chi connectivity index (χ4v) is 3.86. The highest BCUT2D eigenvalue weighted by Gasteiger charge is 2.34. The average Bonchev–Trinajstić information content (AvgIpc) is 3.44. The number of nitrogens with one attached hydrogen (secondary N) is 1. The van der Waals surface area contributed by atoms with Crippen LogP contribution in [-0.4, -0.2) is 37.0 Å². The number of esters is 1. The molecule has 36 heavy (non-hydrogen) atoms. The molecule has 3 amide bonds. The zero-order valence-corrected chi connectivity index (χ0v) is 20.7. The van der Waals surface area contributed by atoms with Crippen LogP contribution in [0.1, 0.15) is 27.4 Å². The van der Waals surface area contributed by atoms with Gasteiger partial charge in [0, 0.05) is 15.6 Å². The van der Waals surface area contributed by atoms with Crippen molar-refractivity contribution < 1.29 is 33.0 Å². The van der Waals surface area contributed by atoms with E-state index in [1.54, 1.807) is 36.4 Å². The number of nitrogens with zero attached hydrogens (tertiary/aromatic N) is 1. The molecule has 0 spiro atoms. The van der Waals surface area contributed by atoms with Crippen LogP contribution >= 0.6 is 23.2 Å². The number of urea groups is 1. The highest BCUT2D eigenvalue weighted by Crippen LogP contribution is 2.31. The van der Waals surface area contributed by atoms with Gasteiger partial charge >= 0.3 is 12.0 Å². The van der Waals surface area contributed by atoms with Crippen LogP contribution in [0.25, 0.3) is 6.08 Å². The Bertz CT molecular complexity index is 1370. The number of hydrogen-bond acceptors (Lipinski definition) is 7. The number of halogens is 2. The van der Waals surface area contributed by atoms with Crippen molar-refractivity contribution in [3.8, 4) is 11.5 Å². The standard InChI is InChI=1S/C25H20Cl2N2O7/c1-33-22-10-14(3-7-20(22)35-13-15-4-5-16(26)11-18(15)27)9-19-23(30)29(25(32)28-19)12-17-6-8-21(36-17)24(31)34-2/h3-11H,12-13H2,1-2H3,(H,28,32)/b19-9-.